The predicted octanol–water partition coefficient (Wildman–Crippen LogP) is 8.11. The number of rotatable bonds is 13. The normalized spacial score (nSPS) is 20.2. The van der Waals surface area contributed by atoms with E-state index in [2.05, 4.69) is 39.6 Å². The van der Waals surface area contributed by atoms with Crippen molar-refractivity contribution in [1.29, 1.82) is 0 Å². The molecule has 2 heterocycles. The molecule has 3 unspecified atom stereocenters. The molecule has 0 bridgehead atoms. The second-order valence-electron chi connectivity index (χ2n) is 13.8. The van der Waals surface area contributed by atoms with E-state index in [0.717, 1.165) is 84.3 Å². The van der Waals surface area contributed by atoms with E-state index in [1.807, 2.05) is 48.8 Å². The SMILES string of the molecule is O=C(CCc1ccc(O)c(OC2CCCC2)c1)CC(=O)C1C(CNc2ccc[nH]2)=Cc2[nH]ccc2C1CC1C=Cc2c(O)cccc2CC1. The molecule has 254 valence electrons. The van der Waals surface area contributed by atoms with E-state index in [4.69, 9.17) is 4.74 Å². The van der Waals surface area contributed by atoms with Gasteiger partial charge in [0.1, 0.15) is 23.1 Å². The lowest BCUT2D eigenvalue weighted by molar-refractivity contribution is -0.129. The van der Waals surface area contributed by atoms with Crippen molar-refractivity contribution in [1.82, 2.24) is 9.97 Å². The molecule has 1 saturated carbocycles. The van der Waals surface area contributed by atoms with Gasteiger partial charge in [-0.1, -0.05) is 30.4 Å². The summed E-state index contributed by atoms with van der Waals surface area (Å²) in [5.74, 6) is 1.21. The number of nitrogens with one attached hydrogen (secondary N) is 3. The van der Waals surface area contributed by atoms with Gasteiger partial charge in [0, 0.05) is 48.5 Å². The summed E-state index contributed by atoms with van der Waals surface area (Å²) >= 11 is 0. The highest BCUT2D eigenvalue weighted by Gasteiger charge is 2.38. The zero-order valence-electron chi connectivity index (χ0n) is 27.8. The summed E-state index contributed by atoms with van der Waals surface area (Å²) in [7, 11) is 0. The first-order valence-corrected chi connectivity index (χ1v) is 17.7. The second kappa shape index (κ2) is 14.6. The summed E-state index contributed by atoms with van der Waals surface area (Å²) in [5, 5.41) is 24.3. The molecule has 2 aromatic carbocycles. The van der Waals surface area contributed by atoms with Crippen LogP contribution < -0.4 is 10.1 Å². The number of H-pyrrole nitrogens is 2. The quantitative estimate of drug-likeness (QED) is 0.0923. The number of hydrogen-bond acceptors (Lipinski definition) is 6. The van der Waals surface area contributed by atoms with Gasteiger partial charge in [-0.3, -0.25) is 9.59 Å². The summed E-state index contributed by atoms with van der Waals surface area (Å²) in [6.07, 6.45) is 17.5. The minimum Gasteiger partial charge on any atom is -0.507 e. The number of fused-ring (bicyclic) bond motifs is 2. The van der Waals surface area contributed by atoms with Crippen LogP contribution >= 0.6 is 0 Å². The van der Waals surface area contributed by atoms with Crippen LogP contribution in [0.1, 0.15) is 85.2 Å². The molecule has 5 N–H and O–H groups in total. The number of hydrogen-bond donors (Lipinski definition) is 5. The van der Waals surface area contributed by atoms with Crippen LogP contribution in [0.2, 0.25) is 0 Å². The van der Waals surface area contributed by atoms with E-state index in [1.54, 1.807) is 12.1 Å². The largest absolute Gasteiger partial charge is 0.507 e. The molecule has 0 spiro atoms. The third-order valence-corrected chi connectivity index (χ3v) is 10.5. The molecule has 7 rings (SSSR count). The Bertz CT molecular complexity index is 1850. The van der Waals surface area contributed by atoms with Gasteiger partial charge >= 0.3 is 0 Å². The predicted molar refractivity (Wildman–Crippen MR) is 192 cm³/mol. The second-order valence-corrected chi connectivity index (χ2v) is 13.8. The van der Waals surface area contributed by atoms with Crippen molar-refractivity contribution in [3.63, 3.8) is 0 Å². The first-order valence-electron chi connectivity index (χ1n) is 17.7. The smallest absolute Gasteiger partial charge is 0.161 e. The number of aryl methyl sites for hydroxylation is 2. The molecule has 8 heteroatoms. The molecule has 0 saturated heterocycles. The molecule has 8 nitrogen and oxygen atoms in total. The number of aromatic nitrogens is 2. The van der Waals surface area contributed by atoms with Crippen LogP contribution in [-0.4, -0.2) is 44.4 Å². The van der Waals surface area contributed by atoms with Crippen LogP contribution in [0.5, 0.6) is 17.2 Å². The van der Waals surface area contributed by atoms with Crippen LogP contribution in [0.25, 0.3) is 12.2 Å². The summed E-state index contributed by atoms with van der Waals surface area (Å²) in [6.45, 7) is 0.469. The average molecular weight is 660 g/mol. The lowest BCUT2D eigenvalue weighted by Crippen LogP contribution is -2.32. The topological polar surface area (TPSA) is 127 Å². The highest BCUT2D eigenvalue weighted by atomic mass is 16.5. The van der Waals surface area contributed by atoms with E-state index >= 15 is 0 Å². The highest BCUT2D eigenvalue weighted by Crippen LogP contribution is 2.45. The van der Waals surface area contributed by atoms with Gasteiger partial charge in [0.15, 0.2) is 11.5 Å². The average Bonchev–Trinajstić information content (AvgIpc) is 3.88. The fourth-order valence-corrected chi connectivity index (χ4v) is 7.92. The molecule has 2 aromatic heterocycles. The van der Waals surface area contributed by atoms with Gasteiger partial charge in [0.05, 0.1) is 12.5 Å². The van der Waals surface area contributed by atoms with Gasteiger partial charge in [0.25, 0.3) is 0 Å². The molecule has 49 heavy (non-hydrogen) atoms. The van der Waals surface area contributed by atoms with Crippen molar-refractivity contribution in [2.24, 2.45) is 11.8 Å². The summed E-state index contributed by atoms with van der Waals surface area (Å²) < 4.78 is 6.06. The molecular formula is C41H45N3O5. The minimum absolute atomic E-state index is 0.0594. The van der Waals surface area contributed by atoms with Crippen LogP contribution in [-0.2, 0) is 22.4 Å². The number of carbonyl (C=O) groups excluding carboxylic acids is 2. The van der Waals surface area contributed by atoms with Gasteiger partial charge in [-0.2, -0.15) is 0 Å². The van der Waals surface area contributed by atoms with Crippen molar-refractivity contribution in [2.75, 3.05) is 11.9 Å². The molecule has 4 aromatic rings. The number of ether oxygens (including phenoxy) is 1. The fraction of sp³-hybridized carbons (Fsp3) is 0.366. The Balaban J connectivity index is 1.08. The molecule has 0 radical (unpaired) electrons. The Kier molecular flexibility index (Phi) is 9.73. The van der Waals surface area contributed by atoms with Gasteiger partial charge in [-0.05, 0) is 122 Å². The van der Waals surface area contributed by atoms with Crippen molar-refractivity contribution in [3.05, 3.63) is 107 Å². The number of aromatic hydroxyl groups is 2. The van der Waals surface area contributed by atoms with Crippen molar-refractivity contribution < 1.29 is 24.5 Å². The molecule has 0 aliphatic heterocycles. The maximum Gasteiger partial charge on any atom is 0.161 e. The Morgan fingerprint density at radius 1 is 0.939 bits per heavy atom. The minimum atomic E-state index is -0.456. The fourth-order valence-electron chi connectivity index (χ4n) is 7.92. The lowest BCUT2D eigenvalue weighted by atomic mass is 9.69. The molecule has 1 fully saturated rings. The Hall–Kier alpha value is -4.98. The summed E-state index contributed by atoms with van der Waals surface area (Å²) in [6, 6.07) is 16.9. The standard InChI is InChI=1S/C41H45N3O5/c45-30(15-11-27-13-17-37(47)39(22-27)49-31-6-1-2-7-31)24-38(48)41-29(25-44-40-9-4-19-43-40)23-35-33(18-20-42-35)34(41)21-26-10-14-28-5-3-8-36(46)32(28)16-12-26/h3-5,8-9,12-13,16-20,22-23,26,31,34,41-44,46-47H,1-2,6-7,10-11,14-15,21,24-25H2. The number of benzene rings is 2. The van der Waals surface area contributed by atoms with E-state index < -0.39 is 5.92 Å². The van der Waals surface area contributed by atoms with Crippen molar-refractivity contribution in [3.8, 4) is 17.2 Å². The summed E-state index contributed by atoms with van der Waals surface area (Å²) in [4.78, 5) is 34.4. The van der Waals surface area contributed by atoms with Crippen LogP contribution in [0.3, 0.4) is 0 Å². The highest BCUT2D eigenvalue weighted by molar-refractivity contribution is 6.02. The molecule has 3 atom stereocenters. The van der Waals surface area contributed by atoms with Crippen LogP contribution in [0.15, 0.2) is 78.6 Å². The zero-order chi connectivity index (χ0) is 33.7. The Morgan fingerprint density at radius 3 is 2.65 bits per heavy atom. The first-order chi connectivity index (χ1) is 23.9. The molecule has 3 aliphatic rings. The maximum absolute atomic E-state index is 14.3. The van der Waals surface area contributed by atoms with Gasteiger partial charge in [0.2, 0.25) is 0 Å². The third kappa shape index (κ3) is 7.53. The molecular weight excluding hydrogens is 614 g/mol. The zero-order valence-corrected chi connectivity index (χ0v) is 27.8. The summed E-state index contributed by atoms with van der Waals surface area (Å²) in [5.41, 5.74) is 5.97. The number of phenolic OH excluding ortho intramolecular Hbond substituents is 2. The number of anilines is 1. The Morgan fingerprint density at radius 2 is 1.82 bits per heavy atom. The lowest BCUT2D eigenvalue weighted by Gasteiger charge is -2.34. The van der Waals surface area contributed by atoms with Crippen molar-refractivity contribution >= 4 is 29.5 Å². The van der Waals surface area contributed by atoms with Gasteiger partial charge in [-0.25, -0.2) is 0 Å². The van der Waals surface area contributed by atoms with Gasteiger partial charge < -0.3 is 30.2 Å². The molecule has 0 amide bonds. The van der Waals surface area contributed by atoms with Crippen molar-refractivity contribution in [2.45, 2.75) is 76.2 Å². The molecule has 3 aliphatic carbocycles. The van der Waals surface area contributed by atoms with E-state index in [1.165, 1.54) is 0 Å². The van der Waals surface area contributed by atoms with E-state index in [-0.39, 0.29) is 53.8 Å². The van der Waals surface area contributed by atoms with Gasteiger partial charge in [-0.15, -0.1) is 0 Å². The number of carbonyl (C=O) groups is 2. The number of aromatic amines is 2. The number of Topliss-reactive ketones (excluding diaryl/α,β-unsaturated/α-hetero) is 2. The Labute approximate surface area is 287 Å². The number of allylic oxidation sites excluding steroid dienone is 1. The monoisotopic (exact) mass is 659 g/mol. The van der Waals surface area contributed by atoms with E-state index in [9.17, 15) is 19.8 Å². The maximum atomic E-state index is 14.3. The number of ketones is 2. The van der Waals surface area contributed by atoms with E-state index in [0.29, 0.717) is 18.7 Å². The number of phenols is 2. The first kappa shape index (κ1) is 32.6. The third-order valence-electron chi connectivity index (χ3n) is 10.5. The van der Waals surface area contributed by atoms with Crippen LogP contribution in [0, 0.1) is 11.8 Å². The van der Waals surface area contributed by atoms with Crippen LogP contribution in [0.4, 0.5) is 5.82 Å².